The molecule has 1 aliphatic heterocycles. The predicted octanol–water partition coefficient (Wildman–Crippen LogP) is 2.09. The molecule has 1 aromatic heterocycles. The summed E-state index contributed by atoms with van der Waals surface area (Å²) in [6.07, 6.45) is 1.60. The van der Waals surface area contributed by atoms with Gasteiger partial charge in [-0.3, -0.25) is 9.78 Å². The summed E-state index contributed by atoms with van der Waals surface area (Å²) in [7, 11) is 0. The highest BCUT2D eigenvalue weighted by atomic mass is 16.6. The van der Waals surface area contributed by atoms with Gasteiger partial charge in [0.25, 0.3) is 5.91 Å². The number of ether oxygens (including phenoxy) is 2. The summed E-state index contributed by atoms with van der Waals surface area (Å²) in [4.78, 5) is 16.0. The first-order chi connectivity index (χ1) is 10.2. The summed E-state index contributed by atoms with van der Waals surface area (Å²) in [5.74, 6) is 1.30. The highest BCUT2D eigenvalue weighted by Gasteiger charge is 2.15. The van der Waals surface area contributed by atoms with E-state index in [0.29, 0.717) is 25.5 Å². The Kier molecular flexibility index (Phi) is 3.73. The SMILES string of the molecule is Cc1cc2c(cc1CNC(=O)c1ccccn1)OCCO2. The zero-order valence-corrected chi connectivity index (χ0v) is 11.8. The average Bonchev–Trinajstić information content (AvgIpc) is 2.53. The van der Waals surface area contributed by atoms with Gasteiger partial charge in [0.1, 0.15) is 18.9 Å². The molecule has 0 saturated heterocycles. The van der Waals surface area contributed by atoms with Gasteiger partial charge in [0, 0.05) is 12.7 Å². The van der Waals surface area contributed by atoms with Gasteiger partial charge in [-0.1, -0.05) is 6.07 Å². The number of nitrogens with zero attached hydrogens (tertiary/aromatic N) is 1. The lowest BCUT2D eigenvalue weighted by molar-refractivity contribution is 0.0946. The van der Waals surface area contributed by atoms with E-state index in [1.807, 2.05) is 19.1 Å². The molecule has 5 heteroatoms. The molecule has 2 aromatic rings. The van der Waals surface area contributed by atoms with Crippen LogP contribution in [0.15, 0.2) is 36.5 Å². The number of amides is 1. The summed E-state index contributed by atoms with van der Waals surface area (Å²) < 4.78 is 11.1. The maximum atomic E-state index is 12.0. The van der Waals surface area contributed by atoms with Gasteiger partial charge in [0.15, 0.2) is 11.5 Å². The van der Waals surface area contributed by atoms with Crippen LogP contribution in [0.4, 0.5) is 0 Å². The number of aryl methyl sites for hydroxylation is 1. The second kappa shape index (κ2) is 5.83. The number of benzene rings is 1. The molecule has 3 rings (SSSR count). The van der Waals surface area contributed by atoms with Crippen LogP contribution in [0.1, 0.15) is 21.6 Å². The molecule has 0 radical (unpaired) electrons. The minimum Gasteiger partial charge on any atom is -0.486 e. The van der Waals surface area contributed by atoms with Crippen LogP contribution in [0.2, 0.25) is 0 Å². The Bertz CT molecular complexity index is 656. The largest absolute Gasteiger partial charge is 0.486 e. The van der Waals surface area contributed by atoms with Gasteiger partial charge in [0.05, 0.1) is 0 Å². The number of nitrogens with one attached hydrogen (secondary N) is 1. The van der Waals surface area contributed by atoms with E-state index in [0.717, 1.165) is 22.6 Å². The van der Waals surface area contributed by atoms with E-state index in [1.165, 1.54) is 0 Å². The van der Waals surface area contributed by atoms with Crippen molar-refractivity contribution in [3.8, 4) is 11.5 Å². The fourth-order valence-corrected chi connectivity index (χ4v) is 2.19. The molecule has 0 unspecified atom stereocenters. The maximum Gasteiger partial charge on any atom is 0.270 e. The monoisotopic (exact) mass is 284 g/mol. The molecule has 1 aliphatic rings. The first-order valence-electron chi connectivity index (χ1n) is 6.82. The summed E-state index contributed by atoms with van der Waals surface area (Å²) in [6, 6.07) is 9.12. The Morgan fingerprint density at radius 2 is 2.00 bits per heavy atom. The summed E-state index contributed by atoms with van der Waals surface area (Å²) in [5, 5.41) is 2.87. The molecule has 0 saturated carbocycles. The smallest absolute Gasteiger partial charge is 0.270 e. The number of fused-ring (bicyclic) bond motifs is 1. The predicted molar refractivity (Wildman–Crippen MR) is 77.6 cm³/mol. The topological polar surface area (TPSA) is 60.5 Å². The molecule has 21 heavy (non-hydrogen) atoms. The first-order valence-corrected chi connectivity index (χ1v) is 6.82. The Morgan fingerprint density at radius 1 is 1.24 bits per heavy atom. The van der Waals surface area contributed by atoms with Crippen molar-refractivity contribution in [1.82, 2.24) is 10.3 Å². The van der Waals surface area contributed by atoms with Crippen molar-refractivity contribution in [2.75, 3.05) is 13.2 Å². The molecule has 2 heterocycles. The number of aromatic nitrogens is 1. The number of rotatable bonds is 3. The van der Waals surface area contributed by atoms with Crippen LogP contribution in [0.25, 0.3) is 0 Å². The van der Waals surface area contributed by atoms with Crippen molar-refractivity contribution in [3.05, 3.63) is 53.3 Å². The summed E-state index contributed by atoms with van der Waals surface area (Å²) in [5.41, 5.74) is 2.47. The molecule has 1 aromatic carbocycles. The molecule has 0 fully saturated rings. The highest BCUT2D eigenvalue weighted by Crippen LogP contribution is 2.32. The Labute approximate surface area is 122 Å². The van der Waals surface area contributed by atoms with Gasteiger partial charge >= 0.3 is 0 Å². The van der Waals surface area contributed by atoms with Crippen molar-refractivity contribution in [2.45, 2.75) is 13.5 Å². The lowest BCUT2D eigenvalue weighted by atomic mass is 10.1. The van der Waals surface area contributed by atoms with Crippen LogP contribution in [0, 0.1) is 6.92 Å². The maximum absolute atomic E-state index is 12.0. The number of pyridine rings is 1. The van der Waals surface area contributed by atoms with Crippen LogP contribution in [0.3, 0.4) is 0 Å². The fourth-order valence-electron chi connectivity index (χ4n) is 2.19. The number of carbonyl (C=O) groups is 1. The lowest BCUT2D eigenvalue weighted by Crippen LogP contribution is -2.24. The Morgan fingerprint density at radius 3 is 2.71 bits per heavy atom. The standard InChI is InChI=1S/C16H16N2O3/c1-11-8-14-15(21-7-6-20-14)9-12(11)10-18-16(19)13-4-2-3-5-17-13/h2-5,8-9H,6-7,10H2,1H3,(H,18,19). The van der Waals surface area contributed by atoms with E-state index in [4.69, 9.17) is 9.47 Å². The van der Waals surface area contributed by atoms with Crippen LogP contribution in [-0.2, 0) is 6.54 Å². The molecule has 0 bridgehead atoms. The third kappa shape index (κ3) is 2.97. The van der Waals surface area contributed by atoms with E-state index in [1.54, 1.807) is 24.4 Å². The van der Waals surface area contributed by atoms with Gasteiger partial charge in [-0.15, -0.1) is 0 Å². The van der Waals surface area contributed by atoms with Gasteiger partial charge in [-0.25, -0.2) is 0 Å². The van der Waals surface area contributed by atoms with Crippen LogP contribution < -0.4 is 14.8 Å². The van der Waals surface area contributed by atoms with Crippen molar-refractivity contribution in [3.63, 3.8) is 0 Å². The normalized spacial score (nSPS) is 12.8. The first kappa shape index (κ1) is 13.4. The Hall–Kier alpha value is -2.56. The average molecular weight is 284 g/mol. The van der Waals surface area contributed by atoms with E-state index < -0.39 is 0 Å². The Balaban J connectivity index is 1.72. The summed E-state index contributed by atoms with van der Waals surface area (Å²) in [6.45, 7) is 3.54. The van der Waals surface area contributed by atoms with Crippen molar-refractivity contribution < 1.29 is 14.3 Å². The third-order valence-electron chi connectivity index (χ3n) is 3.34. The van der Waals surface area contributed by atoms with E-state index in [2.05, 4.69) is 10.3 Å². The minimum atomic E-state index is -0.190. The zero-order valence-electron chi connectivity index (χ0n) is 11.8. The number of carbonyl (C=O) groups excluding carboxylic acids is 1. The second-order valence-electron chi connectivity index (χ2n) is 4.82. The molecule has 0 atom stereocenters. The van der Waals surface area contributed by atoms with E-state index in [9.17, 15) is 4.79 Å². The van der Waals surface area contributed by atoms with Crippen LogP contribution in [0.5, 0.6) is 11.5 Å². The number of hydrogen-bond donors (Lipinski definition) is 1. The second-order valence-corrected chi connectivity index (χ2v) is 4.82. The van der Waals surface area contributed by atoms with Crippen molar-refractivity contribution >= 4 is 5.91 Å². The highest BCUT2D eigenvalue weighted by molar-refractivity contribution is 5.92. The molecule has 1 N–H and O–H groups in total. The number of hydrogen-bond acceptors (Lipinski definition) is 4. The third-order valence-corrected chi connectivity index (χ3v) is 3.34. The molecule has 108 valence electrons. The quantitative estimate of drug-likeness (QED) is 0.937. The van der Waals surface area contributed by atoms with Crippen LogP contribution >= 0.6 is 0 Å². The molecule has 0 aliphatic carbocycles. The lowest BCUT2D eigenvalue weighted by Gasteiger charge is -2.20. The van der Waals surface area contributed by atoms with Gasteiger partial charge in [-0.05, 0) is 42.3 Å². The van der Waals surface area contributed by atoms with Crippen molar-refractivity contribution in [1.29, 1.82) is 0 Å². The fraction of sp³-hybridized carbons (Fsp3) is 0.250. The van der Waals surface area contributed by atoms with Crippen molar-refractivity contribution in [2.24, 2.45) is 0 Å². The van der Waals surface area contributed by atoms with Gasteiger partial charge < -0.3 is 14.8 Å². The minimum absolute atomic E-state index is 0.190. The molecule has 5 nitrogen and oxygen atoms in total. The summed E-state index contributed by atoms with van der Waals surface area (Å²) >= 11 is 0. The van der Waals surface area contributed by atoms with Crippen LogP contribution in [-0.4, -0.2) is 24.1 Å². The zero-order chi connectivity index (χ0) is 14.7. The van der Waals surface area contributed by atoms with E-state index in [-0.39, 0.29) is 5.91 Å². The van der Waals surface area contributed by atoms with Gasteiger partial charge in [0.2, 0.25) is 0 Å². The molecule has 0 spiro atoms. The molecular formula is C16H16N2O3. The molecule has 1 amide bonds. The van der Waals surface area contributed by atoms with E-state index >= 15 is 0 Å². The van der Waals surface area contributed by atoms with Gasteiger partial charge in [-0.2, -0.15) is 0 Å². The molecular weight excluding hydrogens is 268 g/mol.